The van der Waals surface area contributed by atoms with Crippen LogP contribution in [0.3, 0.4) is 0 Å². The summed E-state index contributed by atoms with van der Waals surface area (Å²) >= 11 is 0. The van der Waals surface area contributed by atoms with Gasteiger partial charge in [0.15, 0.2) is 0 Å². The highest BCUT2D eigenvalue weighted by atomic mass is 16.3. The van der Waals surface area contributed by atoms with Gasteiger partial charge >= 0.3 is 0 Å². The van der Waals surface area contributed by atoms with Crippen molar-refractivity contribution < 1.29 is 14.7 Å². The number of nitrogens with one attached hydrogen (secondary N) is 1. The van der Waals surface area contributed by atoms with Crippen LogP contribution < -0.4 is 5.32 Å². The highest BCUT2D eigenvalue weighted by Gasteiger charge is 2.24. The monoisotopic (exact) mass is 255 g/mol. The second kappa shape index (κ2) is 5.95. The lowest BCUT2D eigenvalue weighted by Gasteiger charge is -2.25. The van der Waals surface area contributed by atoms with Crippen LogP contribution >= 0.6 is 0 Å². The summed E-state index contributed by atoms with van der Waals surface area (Å²) in [6, 6.07) is 0. The van der Waals surface area contributed by atoms with Gasteiger partial charge in [0.1, 0.15) is 5.71 Å². The topological polar surface area (TPSA) is 82.0 Å². The third-order valence-corrected chi connectivity index (χ3v) is 2.99. The number of hydrazone groups is 1. The van der Waals surface area contributed by atoms with Crippen LogP contribution in [0.1, 0.15) is 33.1 Å². The van der Waals surface area contributed by atoms with Crippen molar-refractivity contribution >= 4 is 17.5 Å². The lowest BCUT2D eigenvalue weighted by molar-refractivity contribution is -0.130. The fourth-order valence-corrected chi connectivity index (χ4v) is 1.65. The summed E-state index contributed by atoms with van der Waals surface area (Å²) in [5.74, 6) is -0.312. The van der Waals surface area contributed by atoms with Gasteiger partial charge in [0.25, 0.3) is 5.91 Å². The minimum atomic E-state index is -0.236. The fourth-order valence-electron chi connectivity index (χ4n) is 1.65. The molecule has 0 radical (unpaired) electrons. The number of nitrogens with zero attached hydrogens (tertiary/aromatic N) is 2. The molecule has 0 spiro atoms. The molecule has 0 saturated carbocycles. The van der Waals surface area contributed by atoms with Crippen molar-refractivity contribution in [2.24, 2.45) is 10.5 Å². The molecule has 1 aliphatic rings. The van der Waals surface area contributed by atoms with E-state index in [9.17, 15) is 9.59 Å². The van der Waals surface area contributed by atoms with Gasteiger partial charge in [0.05, 0.1) is 0 Å². The number of carbonyl (C=O) groups excluding carboxylic acids is 2. The van der Waals surface area contributed by atoms with Gasteiger partial charge in [0, 0.05) is 33.0 Å². The van der Waals surface area contributed by atoms with Crippen LogP contribution in [0, 0.1) is 5.41 Å². The van der Waals surface area contributed by atoms with E-state index >= 15 is 0 Å². The Hall–Kier alpha value is -1.43. The van der Waals surface area contributed by atoms with Gasteiger partial charge in [-0.05, 0) is 11.8 Å². The van der Waals surface area contributed by atoms with E-state index < -0.39 is 0 Å². The van der Waals surface area contributed by atoms with E-state index in [1.54, 1.807) is 7.05 Å². The average molecular weight is 255 g/mol. The highest BCUT2D eigenvalue weighted by Crippen LogP contribution is 2.18. The smallest absolute Gasteiger partial charge is 0.267 e. The molecule has 18 heavy (non-hydrogen) atoms. The standard InChI is InChI=1S/C12H21N3O3/c1-12(2,6-7-16)8-13-11(18)9-4-5-10(17)15(3)14-9/h16H,4-8H2,1-3H3,(H,13,18). The number of hydrogen-bond acceptors (Lipinski definition) is 4. The molecule has 0 bridgehead atoms. The summed E-state index contributed by atoms with van der Waals surface area (Å²) in [7, 11) is 1.55. The molecule has 0 aromatic rings. The molecule has 1 rings (SSSR count). The van der Waals surface area contributed by atoms with Gasteiger partial charge in [-0.1, -0.05) is 13.8 Å². The molecular formula is C12H21N3O3. The Bertz CT molecular complexity index is 364. The number of aliphatic hydroxyl groups excluding tert-OH is 1. The van der Waals surface area contributed by atoms with E-state index in [1.807, 2.05) is 13.8 Å². The maximum atomic E-state index is 11.9. The van der Waals surface area contributed by atoms with E-state index in [0.717, 1.165) is 0 Å². The minimum absolute atomic E-state index is 0.0767. The van der Waals surface area contributed by atoms with E-state index in [-0.39, 0.29) is 23.8 Å². The Labute approximate surface area is 107 Å². The van der Waals surface area contributed by atoms with Crippen molar-refractivity contribution in [1.82, 2.24) is 10.3 Å². The third kappa shape index (κ3) is 4.10. The van der Waals surface area contributed by atoms with Crippen molar-refractivity contribution in [3.8, 4) is 0 Å². The Morgan fingerprint density at radius 3 is 2.72 bits per heavy atom. The lowest BCUT2D eigenvalue weighted by Crippen LogP contribution is -2.41. The van der Waals surface area contributed by atoms with Crippen LogP contribution in [-0.4, -0.2) is 47.8 Å². The molecule has 1 heterocycles. The molecule has 0 unspecified atom stereocenters. The first kappa shape index (κ1) is 14.6. The minimum Gasteiger partial charge on any atom is -0.396 e. The number of hydrogen-bond donors (Lipinski definition) is 2. The Kier molecular flexibility index (Phi) is 4.84. The molecule has 102 valence electrons. The van der Waals surface area contributed by atoms with Gasteiger partial charge in [0.2, 0.25) is 5.91 Å². The normalized spacial score (nSPS) is 16.6. The summed E-state index contributed by atoms with van der Waals surface area (Å²) in [6.45, 7) is 4.52. The quantitative estimate of drug-likeness (QED) is 0.732. The molecule has 0 aromatic carbocycles. The summed E-state index contributed by atoms with van der Waals surface area (Å²) in [6.07, 6.45) is 1.33. The van der Waals surface area contributed by atoms with Crippen LogP contribution in [-0.2, 0) is 9.59 Å². The molecule has 6 nitrogen and oxygen atoms in total. The predicted molar refractivity (Wildman–Crippen MR) is 67.9 cm³/mol. The zero-order chi connectivity index (χ0) is 13.8. The molecule has 2 amide bonds. The van der Waals surface area contributed by atoms with Gasteiger partial charge < -0.3 is 10.4 Å². The largest absolute Gasteiger partial charge is 0.396 e. The summed E-state index contributed by atoms with van der Waals surface area (Å²) < 4.78 is 0. The summed E-state index contributed by atoms with van der Waals surface area (Å²) in [5, 5.41) is 16.8. The molecule has 0 fully saturated rings. The van der Waals surface area contributed by atoms with Crippen LogP contribution in [0.15, 0.2) is 5.10 Å². The number of rotatable bonds is 5. The van der Waals surface area contributed by atoms with Crippen molar-refractivity contribution in [1.29, 1.82) is 0 Å². The van der Waals surface area contributed by atoms with E-state index in [2.05, 4.69) is 10.4 Å². The van der Waals surface area contributed by atoms with Crippen LogP contribution in [0.25, 0.3) is 0 Å². The average Bonchev–Trinajstić information content (AvgIpc) is 2.30. The molecule has 2 N–H and O–H groups in total. The van der Waals surface area contributed by atoms with Crippen molar-refractivity contribution in [2.45, 2.75) is 33.1 Å². The first-order chi connectivity index (χ1) is 8.35. The van der Waals surface area contributed by atoms with Crippen LogP contribution in [0.5, 0.6) is 0 Å². The zero-order valence-corrected chi connectivity index (χ0v) is 11.2. The Morgan fingerprint density at radius 1 is 1.50 bits per heavy atom. The molecule has 6 heteroatoms. The maximum Gasteiger partial charge on any atom is 0.267 e. The first-order valence-electron chi connectivity index (χ1n) is 6.09. The third-order valence-electron chi connectivity index (χ3n) is 2.99. The van der Waals surface area contributed by atoms with Crippen molar-refractivity contribution in [2.75, 3.05) is 20.2 Å². The van der Waals surface area contributed by atoms with Crippen LogP contribution in [0.2, 0.25) is 0 Å². The molecule has 0 aliphatic carbocycles. The molecule has 0 atom stereocenters. The number of carbonyl (C=O) groups is 2. The molecule has 0 aromatic heterocycles. The zero-order valence-electron chi connectivity index (χ0n) is 11.2. The van der Waals surface area contributed by atoms with E-state index in [1.165, 1.54) is 5.01 Å². The molecule has 0 saturated heterocycles. The number of amides is 2. The van der Waals surface area contributed by atoms with Crippen LogP contribution in [0.4, 0.5) is 0 Å². The van der Waals surface area contributed by atoms with Gasteiger partial charge in [-0.3, -0.25) is 9.59 Å². The highest BCUT2D eigenvalue weighted by molar-refractivity contribution is 6.39. The van der Waals surface area contributed by atoms with E-state index in [0.29, 0.717) is 31.5 Å². The maximum absolute atomic E-state index is 11.9. The SMILES string of the molecule is CN1N=C(C(=O)NCC(C)(C)CCO)CCC1=O. The van der Waals surface area contributed by atoms with Crippen molar-refractivity contribution in [3.05, 3.63) is 0 Å². The summed E-state index contributed by atoms with van der Waals surface area (Å²) in [5.41, 5.74) is 0.235. The Balaban J connectivity index is 2.51. The second-order valence-corrected chi connectivity index (χ2v) is 5.28. The van der Waals surface area contributed by atoms with Gasteiger partial charge in [-0.25, -0.2) is 5.01 Å². The Morgan fingerprint density at radius 2 is 2.17 bits per heavy atom. The van der Waals surface area contributed by atoms with Gasteiger partial charge in [-0.2, -0.15) is 5.10 Å². The molecule has 1 aliphatic heterocycles. The predicted octanol–water partition coefficient (Wildman–Crippen LogP) is 0.119. The molecular weight excluding hydrogens is 234 g/mol. The van der Waals surface area contributed by atoms with Gasteiger partial charge in [-0.15, -0.1) is 0 Å². The van der Waals surface area contributed by atoms with Crippen molar-refractivity contribution in [3.63, 3.8) is 0 Å². The second-order valence-electron chi connectivity index (χ2n) is 5.28. The fraction of sp³-hybridized carbons (Fsp3) is 0.750. The van der Waals surface area contributed by atoms with E-state index in [4.69, 9.17) is 5.11 Å². The first-order valence-corrected chi connectivity index (χ1v) is 6.09. The number of aliphatic hydroxyl groups is 1. The summed E-state index contributed by atoms with van der Waals surface area (Å²) in [4.78, 5) is 23.1. The lowest BCUT2D eigenvalue weighted by atomic mass is 9.89.